The van der Waals surface area contributed by atoms with Gasteiger partial charge in [0.15, 0.2) is 12.6 Å². The zero-order valence-electron chi connectivity index (χ0n) is 22.9. The summed E-state index contributed by atoms with van der Waals surface area (Å²) in [5, 5.41) is 59.1. The first-order valence-corrected chi connectivity index (χ1v) is 14.5. The van der Waals surface area contributed by atoms with Crippen LogP contribution in [0, 0.1) is 5.92 Å². The van der Waals surface area contributed by atoms with Crippen LogP contribution in [0.1, 0.15) is 32.1 Å². The number of hydrogen-bond acceptors (Lipinski definition) is 15. The Bertz CT molecular complexity index is 770. The Morgan fingerprint density at radius 2 is 1.68 bits per heavy atom. The Balaban J connectivity index is 1.51. The molecule has 234 valence electrons. The molecule has 40 heavy (non-hydrogen) atoms. The number of nitrogens with one attached hydrogen (secondary N) is 2. The van der Waals surface area contributed by atoms with Crippen LogP contribution in [-0.4, -0.2) is 144 Å². The van der Waals surface area contributed by atoms with Gasteiger partial charge in [-0.05, 0) is 38.0 Å². The van der Waals surface area contributed by atoms with Crippen molar-refractivity contribution in [1.29, 1.82) is 0 Å². The standard InChI is InChI=1S/C25H50N6O9/c26-6-13(33)2-1-11-5-15(28)23(40-24-16(31-12-8-30-9-12)4-3-14(7-27)37-24)21(36)22(11)39-25-20(35)18(29)19(34)17(10-32)38-25/h11-25,30-36H,1-10,26-29H2/t11-,13?,14+,15+,16-,17-,18+,19-,20-,21-,22+,23?,24-,25-/m1/s1. The fourth-order valence-corrected chi connectivity index (χ4v) is 6.08. The summed E-state index contributed by atoms with van der Waals surface area (Å²) in [5.41, 5.74) is 24.0. The van der Waals surface area contributed by atoms with Gasteiger partial charge in [0, 0.05) is 38.3 Å². The van der Waals surface area contributed by atoms with E-state index in [1.165, 1.54) is 0 Å². The van der Waals surface area contributed by atoms with Crippen LogP contribution >= 0.6 is 0 Å². The third kappa shape index (κ3) is 7.48. The highest BCUT2D eigenvalue weighted by molar-refractivity contribution is 5.00. The molecule has 2 unspecified atom stereocenters. The van der Waals surface area contributed by atoms with E-state index in [0.717, 1.165) is 25.9 Å². The Morgan fingerprint density at radius 3 is 2.30 bits per heavy atom. The van der Waals surface area contributed by atoms with Crippen molar-refractivity contribution in [2.75, 3.05) is 32.8 Å². The van der Waals surface area contributed by atoms with Crippen molar-refractivity contribution >= 4 is 0 Å². The number of rotatable bonds is 12. The smallest absolute Gasteiger partial charge is 0.186 e. The second kappa shape index (κ2) is 14.7. The van der Waals surface area contributed by atoms with E-state index in [0.29, 0.717) is 25.8 Å². The van der Waals surface area contributed by atoms with Gasteiger partial charge in [-0.3, -0.25) is 0 Å². The number of aliphatic hydroxyl groups is 5. The Hall–Kier alpha value is -0.600. The molecule has 1 aliphatic carbocycles. The number of nitrogens with two attached hydrogens (primary N) is 4. The zero-order valence-corrected chi connectivity index (χ0v) is 22.9. The van der Waals surface area contributed by atoms with Crippen molar-refractivity contribution in [1.82, 2.24) is 10.6 Å². The first kappa shape index (κ1) is 32.3. The van der Waals surface area contributed by atoms with E-state index in [1.54, 1.807) is 0 Å². The van der Waals surface area contributed by atoms with Gasteiger partial charge in [-0.1, -0.05) is 0 Å². The summed E-state index contributed by atoms with van der Waals surface area (Å²) < 4.78 is 24.4. The van der Waals surface area contributed by atoms with Crippen LogP contribution in [-0.2, 0) is 18.9 Å². The number of hydrogen-bond donors (Lipinski definition) is 11. The summed E-state index contributed by atoms with van der Waals surface area (Å²) in [5.74, 6) is -0.350. The third-order valence-corrected chi connectivity index (χ3v) is 8.75. The van der Waals surface area contributed by atoms with Crippen molar-refractivity contribution < 1.29 is 44.5 Å². The monoisotopic (exact) mass is 578 g/mol. The predicted octanol–water partition coefficient (Wildman–Crippen LogP) is -5.28. The molecule has 1 saturated carbocycles. The second-order valence-electron chi connectivity index (χ2n) is 11.7. The molecule has 0 spiro atoms. The van der Waals surface area contributed by atoms with Crippen LogP contribution in [0.25, 0.3) is 0 Å². The Kier molecular flexibility index (Phi) is 11.9. The van der Waals surface area contributed by atoms with E-state index in [-0.39, 0.29) is 30.7 Å². The van der Waals surface area contributed by atoms with Crippen LogP contribution < -0.4 is 33.6 Å². The number of aliphatic hydroxyl groups excluding tert-OH is 5. The van der Waals surface area contributed by atoms with Gasteiger partial charge < -0.3 is 78.0 Å². The molecule has 3 aliphatic heterocycles. The fourth-order valence-electron chi connectivity index (χ4n) is 6.08. The van der Waals surface area contributed by atoms with Crippen molar-refractivity contribution in [3.05, 3.63) is 0 Å². The average molecular weight is 579 g/mol. The molecule has 14 atom stereocenters. The van der Waals surface area contributed by atoms with Crippen LogP contribution in [0.15, 0.2) is 0 Å². The van der Waals surface area contributed by atoms with Crippen LogP contribution in [0.5, 0.6) is 0 Å². The van der Waals surface area contributed by atoms with Crippen molar-refractivity contribution in [2.24, 2.45) is 28.9 Å². The van der Waals surface area contributed by atoms with Crippen molar-refractivity contribution in [2.45, 2.75) is 118 Å². The second-order valence-corrected chi connectivity index (χ2v) is 11.7. The maximum absolute atomic E-state index is 11.6. The minimum absolute atomic E-state index is 0.0835. The molecule has 3 saturated heterocycles. The molecule has 0 amide bonds. The lowest BCUT2D eigenvalue weighted by atomic mass is 9.77. The predicted molar refractivity (Wildman–Crippen MR) is 142 cm³/mol. The van der Waals surface area contributed by atoms with E-state index in [2.05, 4.69) is 10.6 Å². The molecule has 15 nitrogen and oxygen atoms in total. The highest BCUT2D eigenvalue weighted by Crippen LogP contribution is 2.36. The molecule has 15 N–H and O–H groups in total. The molecule has 0 aromatic rings. The average Bonchev–Trinajstić information content (AvgIpc) is 2.93. The van der Waals surface area contributed by atoms with Crippen molar-refractivity contribution in [3.63, 3.8) is 0 Å². The summed E-state index contributed by atoms with van der Waals surface area (Å²) in [4.78, 5) is 0. The maximum Gasteiger partial charge on any atom is 0.186 e. The zero-order chi connectivity index (χ0) is 29.0. The highest BCUT2D eigenvalue weighted by atomic mass is 16.7. The quantitative estimate of drug-likeness (QED) is 0.103. The van der Waals surface area contributed by atoms with Crippen molar-refractivity contribution in [3.8, 4) is 0 Å². The molecule has 4 rings (SSSR count). The van der Waals surface area contributed by atoms with Gasteiger partial charge in [0.2, 0.25) is 0 Å². The molecule has 0 aromatic carbocycles. The summed E-state index contributed by atoms with van der Waals surface area (Å²) >= 11 is 0. The first-order chi connectivity index (χ1) is 19.2. The van der Waals surface area contributed by atoms with Gasteiger partial charge in [0.1, 0.15) is 30.5 Å². The van der Waals surface area contributed by atoms with Gasteiger partial charge in [-0.25, -0.2) is 0 Å². The van der Waals surface area contributed by atoms with Crippen LogP contribution in [0.3, 0.4) is 0 Å². The molecular formula is C25H50N6O9. The molecule has 0 radical (unpaired) electrons. The van der Waals surface area contributed by atoms with Crippen LogP contribution in [0.2, 0.25) is 0 Å². The van der Waals surface area contributed by atoms with Gasteiger partial charge in [-0.15, -0.1) is 0 Å². The van der Waals surface area contributed by atoms with Crippen LogP contribution in [0.4, 0.5) is 0 Å². The van der Waals surface area contributed by atoms with Gasteiger partial charge >= 0.3 is 0 Å². The Labute approximate surface area is 234 Å². The van der Waals surface area contributed by atoms with E-state index in [1.807, 2.05) is 0 Å². The van der Waals surface area contributed by atoms with Gasteiger partial charge in [0.25, 0.3) is 0 Å². The lowest BCUT2D eigenvalue weighted by Crippen LogP contribution is -2.66. The largest absolute Gasteiger partial charge is 0.394 e. The Morgan fingerprint density at radius 1 is 0.950 bits per heavy atom. The van der Waals surface area contributed by atoms with E-state index < -0.39 is 74.0 Å². The molecule has 0 bridgehead atoms. The van der Waals surface area contributed by atoms with Gasteiger partial charge in [-0.2, -0.15) is 0 Å². The summed E-state index contributed by atoms with van der Waals surface area (Å²) in [6, 6.07) is -1.56. The summed E-state index contributed by atoms with van der Waals surface area (Å²) in [7, 11) is 0. The fraction of sp³-hybridized carbons (Fsp3) is 1.00. The van der Waals surface area contributed by atoms with E-state index >= 15 is 0 Å². The van der Waals surface area contributed by atoms with E-state index in [9.17, 15) is 25.5 Å². The topological polar surface area (TPSA) is 266 Å². The number of ether oxygens (including phenoxy) is 4. The summed E-state index contributed by atoms with van der Waals surface area (Å²) in [6.45, 7) is 1.57. The maximum atomic E-state index is 11.6. The molecule has 4 fully saturated rings. The molecule has 4 aliphatic rings. The SMILES string of the molecule is NCC(O)CC[C@@H]1C[C@H](N)C(O[C@H]2O[C@H](CN)CC[C@H]2NC2CNC2)[C@H](O)[C@H]1O[C@H]1O[C@H](CO)[C@@H](O)[C@H](N)[C@H]1O. The van der Waals surface area contributed by atoms with Gasteiger partial charge in [0.05, 0.1) is 37.0 Å². The minimum Gasteiger partial charge on any atom is -0.394 e. The highest BCUT2D eigenvalue weighted by Gasteiger charge is 2.50. The minimum atomic E-state index is -1.42. The first-order valence-electron chi connectivity index (χ1n) is 14.5. The molecular weight excluding hydrogens is 528 g/mol. The third-order valence-electron chi connectivity index (χ3n) is 8.75. The summed E-state index contributed by atoms with van der Waals surface area (Å²) in [6.07, 6.45) is -7.14. The molecule has 15 heteroatoms. The molecule has 0 aromatic heterocycles. The lowest BCUT2D eigenvalue weighted by Gasteiger charge is -2.49. The molecule has 3 heterocycles. The van der Waals surface area contributed by atoms with E-state index in [4.69, 9.17) is 41.9 Å². The lowest BCUT2D eigenvalue weighted by molar-refractivity contribution is -0.319. The normalized spacial score (nSPS) is 45.7.